The van der Waals surface area contributed by atoms with E-state index in [2.05, 4.69) is 13.8 Å². The van der Waals surface area contributed by atoms with Gasteiger partial charge in [0, 0.05) is 0 Å². The number of ether oxygens (including phenoxy) is 2. The maximum Gasteiger partial charge on any atom is 0.153 e. The van der Waals surface area contributed by atoms with Crippen LogP contribution in [0.3, 0.4) is 0 Å². The van der Waals surface area contributed by atoms with Crippen molar-refractivity contribution in [2.45, 2.75) is 39.5 Å². The lowest BCUT2D eigenvalue weighted by Crippen LogP contribution is -2.12. The molecule has 116 valence electrons. The lowest BCUT2D eigenvalue weighted by molar-refractivity contribution is 0.110. The first-order valence-corrected chi connectivity index (χ1v) is 7.45. The Bertz CT molecular complexity index is 468. The molecule has 0 amide bonds. The first-order chi connectivity index (χ1) is 10.2. The largest absolute Gasteiger partial charge is 0.496 e. The molecule has 4 nitrogen and oxygen atoms in total. The van der Waals surface area contributed by atoms with Gasteiger partial charge in [0.05, 0.1) is 24.8 Å². The summed E-state index contributed by atoms with van der Waals surface area (Å²) < 4.78 is 10.9. The van der Waals surface area contributed by atoms with Gasteiger partial charge in [-0.15, -0.1) is 0 Å². The number of hydrogen-bond donors (Lipinski definition) is 0. The molecule has 4 heteroatoms. The summed E-state index contributed by atoms with van der Waals surface area (Å²) >= 11 is 0. The number of benzene rings is 1. The van der Waals surface area contributed by atoms with Gasteiger partial charge in [0.2, 0.25) is 0 Å². The van der Waals surface area contributed by atoms with E-state index in [0.717, 1.165) is 25.5 Å². The number of aldehydes is 2. The fourth-order valence-corrected chi connectivity index (χ4v) is 2.18. The second kappa shape index (κ2) is 9.16. The molecule has 0 heterocycles. The molecule has 0 N–H and O–H groups in total. The Morgan fingerprint density at radius 3 is 2.24 bits per heavy atom. The second-order valence-electron chi connectivity index (χ2n) is 5.10. The standard InChI is InChI=1S/C17H24O4/c1-4-6-7-13(5-2)12-21-17-9-14(10-18)16(20-3)8-15(17)11-19/h8-11,13H,4-7,12H2,1-3H3/t13-/m1/s1. The van der Waals surface area contributed by atoms with Gasteiger partial charge in [0.15, 0.2) is 12.6 Å². The first-order valence-electron chi connectivity index (χ1n) is 7.45. The van der Waals surface area contributed by atoms with E-state index in [0.29, 0.717) is 41.4 Å². The van der Waals surface area contributed by atoms with E-state index in [1.165, 1.54) is 13.5 Å². The summed E-state index contributed by atoms with van der Waals surface area (Å²) in [5, 5.41) is 0. The highest BCUT2D eigenvalue weighted by molar-refractivity contribution is 5.87. The fraction of sp³-hybridized carbons (Fsp3) is 0.529. The Labute approximate surface area is 126 Å². The van der Waals surface area contributed by atoms with Crippen LogP contribution in [-0.2, 0) is 0 Å². The van der Waals surface area contributed by atoms with Crippen molar-refractivity contribution in [1.82, 2.24) is 0 Å². The molecule has 0 unspecified atom stereocenters. The molecule has 0 bridgehead atoms. The monoisotopic (exact) mass is 292 g/mol. The molecule has 1 aromatic rings. The molecule has 0 aromatic heterocycles. The molecule has 1 aromatic carbocycles. The van der Waals surface area contributed by atoms with Crippen LogP contribution in [0.4, 0.5) is 0 Å². The van der Waals surface area contributed by atoms with E-state index < -0.39 is 0 Å². The Hall–Kier alpha value is -1.84. The molecule has 0 radical (unpaired) electrons. The third-order valence-electron chi connectivity index (χ3n) is 3.63. The first kappa shape index (κ1) is 17.2. The van der Waals surface area contributed by atoms with Crippen molar-refractivity contribution in [2.24, 2.45) is 5.92 Å². The van der Waals surface area contributed by atoms with Gasteiger partial charge in [0.1, 0.15) is 11.5 Å². The average molecular weight is 292 g/mol. The van der Waals surface area contributed by atoms with E-state index in [1.807, 2.05) is 0 Å². The van der Waals surface area contributed by atoms with E-state index in [9.17, 15) is 9.59 Å². The Morgan fingerprint density at radius 1 is 1.10 bits per heavy atom. The van der Waals surface area contributed by atoms with Crippen LogP contribution in [0.25, 0.3) is 0 Å². The minimum Gasteiger partial charge on any atom is -0.496 e. The Balaban J connectivity index is 2.86. The van der Waals surface area contributed by atoms with Crippen LogP contribution in [0.1, 0.15) is 60.2 Å². The molecule has 0 aliphatic rings. The van der Waals surface area contributed by atoms with Crippen LogP contribution >= 0.6 is 0 Å². The summed E-state index contributed by atoms with van der Waals surface area (Å²) in [5.74, 6) is 1.30. The smallest absolute Gasteiger partial charge is 0.153 e. The lowest BCUT2D eigenvalue weighted by Gasteiger charge is -2.17. The average Bonchev–Trinajstić information content (AvgIpc) is 2.54. The van der Waals surface area contributed by atoms with Crippen LogP contribution in [0.2, 0.25) is 0 Å². The molecule has 0 fully saturated rings. The van der Waals surface area contributed by atoms with Gasteiger partial charge >= 0.3 is 0 Å². The molecular weight excluding hydrogens is 268 g/mol. The topological polar surface area (TPSA) is 52.6 Å². The minimum absolute atomic E-state index is 0.387. The summed E-state index contributed by atoms with van der Waals surface area (Å²) in [6.07, 6.45) is 5.90. The summed E-state index contributed by atoms with van der Waals surface area (Å²) in [7, 11) is 1.47. The second-order valence-corrected chi connectivity index (χ2v) is 5.10. The van der Waals surface area contributed by atoms with Crippen molar-refractivity contribution in [2.75, 3.05) is 13.7 Å². The van der Waals surface area contributed by atoms with Gasteiger partial charge in [0.25, 0.3) is 0 Å². The fourth-order valence-electron chi connectivity index (χ4n) is 2.18. The third-order valence-corrected chi connectivity index (χ3v) is 3.63. The molecule has 21 heavy (non-hydrogen) atoms. The molecular formula is C17H24O4. The molecule has 0 aliphatic heterocycles. The zero-order chi connectivity index (χ0) is 15.7. The molecule has 0 saturated heterocycles. The van der Waals surface area contributed by atoms with Crippen molar-refractivity contribution >= 4 is 12.6 Å². The molecule has 0 aliphatic carbocycles. The SMILES string of the molecule is CCCC[C@@H](CC)COc1cc(C=O)c(OC)cc1C=O. The molecule has 1 atom stereocenters. The number of rotatable bonds is 10. The number of methoxy groups -OCH3 is 1. The highest BCUT2D eigenvalue weighted by Gasteiger charge is 2.13. The van der Waals surface area contributed by atoms with Crippen molar-refractivity contribution in [3.8, 4) is 11.5 Å². The number of carbonyl (C=O) groups is 2. The van der Waals surface area contributed by atoms with Gasteiger partial charge in [-0.2, -0.15) is 0 Å². The molecule has 0 saturated carbocycles. The molecule has 1 rings (SSSR count). The van der Waals surface area contributed by atoms with Gasteiger partial charge in [-0.05, 0) is 24.5 Å². The van der Waals surface area contributed by atoms with Gasteiger partial charge < -0.3 is 9.47 Å². The predicted octanol–water partition coefficient (Wildman–Crippen LogP) is 3.92. The normalized spacial score (nSPS) is 11.8. The number of carbonyl (C=O) groups excluding carboxylic acids is 2. The highest BCUT2D eigenvalue weighted by atomic mass is 16.5. The van der Waals surface area contributed by atoms with Crippen LogP contribution in [0.15, 0.2) is 12.1 Å². The Morgan fingerprint density at radius 2 is 1.71 bits per heavy atom. The molecule has 0 spiro atoms. The van der Waals surface area contributed by atoms with Crippen molar-refractivity contribution < 1.29 is 19.1 Å². The van der Waals surface area contributed by atoms with Crippen molar-refractivity contribution in [3.63, 3.8) is 0 Å². The summed E-state index contributed by atoms with van der Waals surface area (Å²) in [6, 6.07) is 3.11. The third kappa shape index (κ3) is 4.88. The summed E-state index contributed by atoms with van der Waals surface area (Å²) in [4.78, 5) is 22.2. The van der Waals surface area contributed by atoms with Gasteiger partial charge in [-0.3, -0.25) is 9.59 Å². The van der Waals surface area contributed by atoms with Gasteiger partial charge in [-0.25, -0.2) is 0 Å². The summed E-state index contributed by atoms with van der Waals surface area (Å²) in [6.45, 7) is 4.86. The van der Waals surface area contributed by atoms with Crippen LogP contribution in [0, 0.1) is 5.92 Å². The maximum atomic E-state index is 11.2. The quantitative estimate of drug-likeness (QED) is 0.613. The van der Waals surface area contributed by atoms with Crippen LogP contribution in [0.5, 0.6) is 11.5 Å². The van der Waals surface area contributed by atoms with E-state index in [1.54, 1.807) is 12.1 Å². The van der Waals surface area contributed by atoms with E-state index >= 15 is 0 Å². The number of hydrogen-bond acceptors (Lipinski definition) is 4. The predicted molar refractivity (Wildman–Crippen MR) is 82.6 cm³/mol. The zero-order valence-corrected chi connectivity index (χ0v) is 13.1. The van der Waals surface area contributed by atoms with Crippen LogP contribution in [-0.4, -0.2) is 26.3 Å². The maximum absolute atomic E-state index is 11.2. The van der Waals surface area contributed by atoms with E-state index in [4.69, 9.17) is 9.47 Å². The van der Waals surface area contributed by atoms with Crippen molar-refractivity contribution in [3.05, 3.63) is 23.3 Å². The summed E-state index contributed by atoms with van der Waals surface area (Å²) in [5.41, 5.74) is 0.794. The zero-order valence-electron chi connectivity index (χ0n) is 13.1. The van der Waals surface area contributed by atoms with Gasteiger partial charge in [-0.1, -0.05) is 33.1 Å². The number of unbranched alkanes of at least 4 members (excludes halogenated alkanes) is 1. The van der Waals surface area contributed by atoms with Crippen molar-refractivity contribution in [1.29, 1.82) is 0 Å². The Kier molecular flexibility index (Phi) is 7.51. The highest BCUT2D eigenvalue weighted by Crippen LogP contribution is 2.27. The van der Waals surface area contributed by atoms with Crippen LogP contribution < -0.4 is 9.47 Å². The lowest BCUT2D eigenvalue weighted by atomic mass is 10.0. The van der Waals surface area contributed by atoms with E-state index in [-0.39, 0.29) is 0 Å². The minimum atomic E-state index is 0.387.